The standard InChI is InChI=1S/C10H20N2O3S2/c1-3-9(10(11)16)17(13,14)12-7(2)8-5-4-6-15-8/h7-9,12H,3-6H2,1-2H3,(H2,11,16). The Labute approximate surface area is 108 Å². The topological polar surface area (TPSA) is 81.4 Å². The van der Waals surface area contributed by atoms with Crippen LogP contribution in [0.5, 0.6) is 0 Å². The van der Waals surface area contributed by atoms with Gasteiger partial charge in [-0.25, -0.2) is 13.1 Å². The first-order chi connectivity index (χ1) is 7.88. The van der Waals surface area contributed by atoms with Gasteiger partial charge in [0.05, 0.1) is 11.1 Å². The van der Waals surface area contributed by atoms with Crippen molar-refractivity contribution in [2.24, 2.45) is 5.73 Å². The van der Waals surface area contributed by atoms with Gasteiger partial charge in [-0.1, -0.05) is 19.1 Å². The molecule has 0 bridgehead atoms. The molecule has 1 saturated heterocycles. The van der Waals surface area contributed by atoms with Gasteiger partial charge in [0, 0.05) is 12.6 Å². The Morgan fingerprint density at radius 1 is 1.65 bits per heavy atom. The summed E-state index contributed by atoms with van der Waals surface area (Å²) < 4.78 is 32.1. The van der Waals surface area contributed by atoms with Crippen LogP contribution in [-0.2, 0) is 14.8 Å². The molecule has 1 aliphatic rings. The van der Waals surface area contributed by atoms with Crippen molar-refractivity contribution in [2.45, 2.75) is 50.5 Å². The fraction of sp³-hybridized carbons (Fsp3) is 0.900. The minimum atomic E-state index is -3.50. The summed E-state index contributed by atoms with van der Waals surface area (Å²) in [6.07, 6.45) is 2.19. The van der Waals surface area contributed by atoms with Crippen molar-refractivity contribution in [1.29, 1.82) is 0 Å². The molecule has 0 spiro atoms. The highest BCUT2D eigenvalue weighted by molar-refractivity contribution is 7.93. The van der Waals surface area contributed by atoms with Crippen LogP contribution < -0.4 is 10.5 Å². The first-order valence-corrected chi connectivity index (χ1v) is 7.76. The summed E-state index contributed by atoms with van der Waals surface area (Å²) in [5.41, 5.74) is 5.44. The number of thiocarbonyl (C=S) groups is 1. The summed E-state index contributed by atoms with van der Waals surface area (Å²) in [7, 11) is -3.50. The van der Waals surface area contributed by atoms with Crippen LogP contribution in [0, 0.1) is 0 Å². The third-order valence-corrected chi connectivity index (χ3v) is 5.41. The molecule has 1 rings (SSSR count). The van der Waals surface area contributed by atoms with E-state index in [1.807, 2.05) is 0 Å². The molecule has 0 amide bonds. The van der Waals surface area contributed by atoms with E-state index in [9.17, 15) is 8.42 Å². The summed E-state index contributed by atoms with van der Waals surface area (Å²) in [4.78, 5) is 0.0135. The van der Waals surface area contributed by atoms with Crippen LogP contribution >= 0.6 is 12.2 Å². The van der Waals surface area contributed by atoms with Gasteiger partial charge in [-0.2, -0.15) is 0 Å². The lowest BCUT2D eigenvalue weighted by atomic mass is 10.1. The Morgan fingerprint density at radius 2 is 2.29 bits per heavy atom. The van der Waals surface area contributed by atoms with E-state index in [1.165, 1.54) is 0 Å². The fourth-order valence-electron chi connectivity index (χ4n) is 1.99. The third-order valence-electron chi connectivity index (χ3n) is 2.94. The van der Waals surface area contributed by atoms with E-state index < -0.39 is 15.3 Å². The smallest absolute Gasteiger partial charge is 0.221 e. The van der Waals surface area contributed by atoms with Gasteiger partial charge >= 0.3 is 0 Å². The predicted octanol–water partition coefficient (Wildman–Crippen LogP) is 0.538. The van der Waals surface area contributed by atoms with Crippen molar-refractivity contribution in [1.82, 2.24) is 4.72 Å². The normalized spacial score (nSPS) is 24.5. The van der Waals surface area contributed by atoms with Crippen molar-refractivity contribution < 1.29 is 13.2 Å². The van der Waals surface area contributed by atoms with Gasteiger partial charge in [-0.15, -0.1) is 0 Å². The molecular formula is C10H20N2O3S2. The second kappa shape index (κ2) is 6.08. The van der Waals surface area contributed by atoms with Crippen LogP contribution in [0.25, 0.3) is 0 Å². The van der Waals surface area contributed by atoms with Crippen molar-refractivity contribution in [3.05, 3.63) is 0 Å². The average Bonchev–Trinajstić information content (AvgIpc) is 2.68. The lowest BCUT2D eigenvalue weighted by Gasteiger charge is -2.23. The van der Waals surface area contributed by atoms with Crippen molar-refractivity contribution in [3.8, 4) is 0 Å². The number of hydrogen-bond acceptors (Lipinski definition) is 4. The lowest BCUT2D eigenvalue weighted by molar-refractivity contribution is 0.0902. The Balaban J connectivity index is 2.67. The van der Waals surface area contributed by atoms with Crippen LogP contribution in [0.1, 0.15) is 33.1 Å². The highest BCUT2D eigenvalue weighted by Gasteiger charge is 2.31. The van der Waals surface area contributed by atoms with Gasteiger partial charge in [0.15, 0.2) is 0 Å². The monoisotopic (exact) mass is 280 g/mol. The average molecular weight is 280 g/mol. The number of nitrogens with two attached hydrogens (primary N) is 1. The number of ether oxygens (including phenoxy) is 1. The van der Waals surface area contributed by atoms with E-state index in [1.54, 1.807) is 13.8 Å². The molecule has 17 heavy (non-hydrogen) atoms. The summed E-state index contributed by atoms with van der Waals surface area (Å²) >= 11 is 4.78. The molecular weight excluding hydrogens is 260 g/mol. The quantitative estimate of drug-likeness (QED) is 0.694. The molecule has 0 saturated carbocycles. The SMILES string of the molecule is CCC(C(N)=S)S(=O)(=O)NC(C)C1CCCO1. The van der Waals surface area contributed by atoms with Crippen LogP contribution in [0.3, 0.4) is 0 Å². The molecule has 0 aromatic rings. The second-order valence-corrected chi connectivity index (χ2v) is 6.67. The molecule has 3 N–H and O–H groups in total. The zero-order valence-corrected chi connectivity index (χ0v) is 11.8. The van der Waals surface area contributed by atoms with Crippen LogP contribution in [0.2, 0.25) is 0 Å². The van der Waals surface area contributed by atoms with Crippen molar-refractivity contribution in [2.75, 3.05) is 6.61 Å². The molecule has 100 valence electrons. The molecule has 3 atom stereocenters. The summed E-state index contributed by atoms with van der Waals surface area (Å²) in [6, 6.07) is -0.245. The third kappa shape index (κ3) is 3.87. The van der Waals surface area contributed by atoms with E-state index in [2.05, 4.69) is 4.72 Å². The molecule has 1 aliphatic heterocycles. The van der Waals surface area contributed by atoms with E-state index in [4.69, 9.17) is 22.7 Å². The molecule has 0 aromatic heterocycles. The molecule has 0 aliphatic carbocycles. The number of sulfonamides is 1. The first-order valence-electron chi connectivity index (χ1n) is 5.80. The van der Waals surface area contributed by atoms with Crippen LogP contribution in [0.4, 0.5) is 0 Å². The highest BCUT2D eigenvalue weighted by atomic mass is 32.2. The van der Waals surface area contributed by atoms with E-state index >= 15 is 0 Å². The van der Waals surface area contributed by atoms with E-state index in [-0.39, 0.29) is 17.1 Å². The van der Waals surface area contributed by atoms with Crippen molar-refractivity contribution in [3.63, 3.8) is 0 Å². The zero-order valence-electron chi connectivity index (χ0n) is 10.2. The van der Waals surface area contributed by atoms with E-state index in [0.717, 1.165) is 12.8 Å². The Kier molecular flexibility index (Phi) is 5.30. The van der Waals surface area contributed by atoms with Gasteiger partial charge < -0.3 is 10.5 Å². The largest absolute Gasteiger partial charge is 0.392 e. The number of rotatable bonds is 6. The second-order valence-electron chi connectivity index (χ2n) is 4.30. The number of nitrogens with one attached hydrogen (secondary N) is 1. The van der Waals surface area contributed by atoms with Gasteiger partial charge in [0.2, 0.25) is 10.0 Å². The first kappa shape index (κ1) is 14.8. The summed E-state index contributed by atoms with van der Waals surface area (Å²) in [6.45, 7) is 4.25. The predicted molar refractivity (Wildman–Crippen MR) is 71.4 cm³/mol. The van der Waals surface area contributed by atoms with Crippen LogP contribution in [-0.4, -0.2) is 37.4 Å². The molecule has 3 unspecified atom stereocenters. The van der Waals surface area contributed by atoms with Gasteiger partial charge in [0.25, 0.3) is 0 Å². The Morgan fingerprint density at radius 3 is 2.71 bits per heavy atom. The molecule has 0 radical (unpaired) electrons. The lowest BCUT2D eigenvalue weighted by Crippen LogP contribution is -2.48. The molecule has 1 heterocycles. The highest BCUT2D eigenvalue weighted by Crippen LogP contribution is 2.17. The molecule has 7 heteroatoms. The minimum absolute atomic E-state index is 0.0135. The maximum Gasteiger partial charge on any atom is 0.221 e. The van der Waals surface area contributed by atoms with Gasteiger partial charge in [-0.05, 0) is 26.2 Å². The molecule has 0 aromatic carbocycles. The van der Waals surface area contributed by atoms with E-state index in [0.29, 0.717) is 13.0 Å². The summed E-state index contributed by atoms with van der Waals surface area (Å²) in [5, 5.41) is -0.804. The zero-order chi connectivity index (χ0) is 13.1. The van der Waals surface area contributed by atoms with Crippen LogP contribution in [0.15, 0.2) is 0 Å². The molecule has 5 nitrogen and oxygen atoms in total. The fourth-order valence-corrected chi connectivity index (χ4v) is 4.11. The maximum atomic E-state index is 12.0. The molecule has 1 fully saturated rings. The summed E-state index contributed by atoms with van der Waals surface area (Å²) in [5.74, 6) is 0. The maximum absolute atomic E-state index is 12.0. The Hall–Kier alpha value is -0.240. The minimum Gasteiger partial charge on any atom is -0.392 e. The van der Waals surface area contributed by atoms with Gasteiger partial charge in [0.1, 0.15) is 5.25 Å². The van der Waals surface area contributed by atoms with Gasteiger partial charge in [-0.3, -0.25) is 0 Å². The van der Waals surface area contributed by atoms with Crippen molar-refractivity contribution >= 4 is 27.2 Å². The Bertz CT molecular complexity index is 364. The number of hydrogen-bond donors (Lipinski definition) is 2.